The quantitative estimate of drug-likeness (QED) is 0.849. The normalized spacial score (nSPS) is 23.0. The van der Waals surface area contributed by atoms with Crippen molar-refractivity contribution in [3.63, 3.8) is 0 Å². The van der Waals surface area contributed by atoms with Crippen molar-refractivity contribution in [3.8, 4) is 0 Å². The molecule has 0 spiro atoms. The molecule has 98 valence electrons. The fraction of sp³-hybridized carbons (Fsp3) is 0.533. The van der Waals surface area contributed by atoms with Gasteiger partial charge in [0.25, 0.3) is 0 Å². The molecule has 0 saturated heterocycles. The molecule has 0 radical (unpaired) electrons. The number of carbonyl (C=O) groups is 1. The topological polar surface area (TPSA) is 29.1 Å². The highest BCUT2D eigenvalue weighted by Crippen LogP contribution is 2.25. The summed E-state index contributed by atoms with van der Waals surface area (Å²) in [7, 11) is 0. The first-order valence-electron chi connectivity index (χ1n) is 6.65. The fourth-order valence-electron chi connectivity index (χ4n) is 2.50. The van der Waals surface area contributed by atoms with E-state index in [4.69, 9.17) is 0 Å². The smallest absolute Gasteiger partial charge is 0.220 e. The molecule has 1 N–H and O–H groups in total. The van der Waals surface area contributed by atoms with Crippen LogP contribution in [0.1, 0.15) is 36.8 Å². The molecule has 1 saturated carbocycles. The Morgan fingerprint density at radius 2 is 2.17 bits per heavy atom. The second kappa shape index (κ2) is 6.37. The van der Waals surface area contributed by atoms with Gasteiger partial charge >= 0.3 is 0 Å². The summed E-state index contributed by atoms with van der Waals surface area (Å²) in [6.07, 6.45) is 4.90. The summed E-state index contributed by atoms with van der Waals surface area (Å²) in [5.74, 6) is 0.176. The zero-order valence-corrected chi connectivity index (χ0v) is 12.4. The number of halogens is 1. The minimum atomic E-state index is 0.176. The van der Waals surface area contributed by atoms with Gasteiger partial charge in [-0.25, -0.2) is 0 Å². The van der Waals surface area contributed by atoms with Crippen molar-refractivity contribution in [2.75, 3.05) is 0 Å². The summed E-state index contributed by atoms with van der Waals surface area (Å²) in [5, 5.41) is 3.13. The van der Waals surface area contributed by atoms with Crippen LogP contribution in [0, 0.1) is 6.92 Å². The third-order valence-corrected chi connectivity index (χ3v) is 4.76. The van der Waals surface area contributed by atoms with Crippen LogP contribution in [0.2, 0.25) is 0 Å². The highest BCUT2D eigenvalue weighted by atomic mass is 79.9. The number of amides is 1. The predicted octanol–water partition coefficient (Wildman–Crippen LogP) is 3.36. The van der Waals surface area contributed by atoms with Gasteiger partial charge < -0.3 is 5.32 Å². The van der Waals surface area contributed by atoms with Crippen LogP contribution in [-0.2, 0) is 11.2 Å². The molecule has 18 heavy (non-hydrogen) atoms. The minimum absolute atomic E-state index is 0.176. The number of hydrogen-bond acceptors (Lipinski definition) is 1. The monoisotopic (exact) mass is 309 g/mol. The van der Waals surface area contributed by atoms with E-state index in [0.29, 0.717) is 17.3 Å². The number of hydrogen-bond donors (Lipinski definition) is 1. The van der Waals surface area contributed by atoms with Crippen molar-refractivity contribution >= 4 is 21.8 Å². The van der Waals surface area contributed by atoms with Gasteiger partial charge in [-0.3, -0.25) is 4.79 Å². The van der Waals surface area contributed by atoms with Crippen LogP contribution in [0.4, 0.5) is 0 Å². The Hall–Kier alpha value is -0.830. The van der Waals surface area contributed by atoms with Gasteiger partial charge in [-0.05, 0) is 37.3 Å². The summed E-state index contributed by atoms with van der Waals surface area (Å²) in [6, 6.07) is 8.59. The predicted molar refractivity (Wildman–Crippen MR) is 78.0 cm³/mol. The Kier molecular flexibility index (Phi) is 4.81. The van der Waals surface area contributed by atoms with Crippen molar-refractivity contribution in [1.82, 2.24) is 5.32 Å². The van der Waals surface area contributed by atoms with Crippen molar-refractivity contribution < 1.29 is 4.79 Å². The third-order valence-electron chi connectivity index (χ3n) is 3.66. The SMILES string of the molecule is Cc1ccccc1CCC(=O)NC1CCCC1Br. The Morgan fingerprint density at radius 3 is 2.83 bits per heavy atom. The average molecular weight is 310 g/mol. The van der Waals surface area contributed by atoms with Crippen LogP contribution in [0.3, 0.4) is 0 Å². The molecule has 1 aromatic carbocycles. The van der Waals surface area contributed by atoms with E-state index in [2.05, 4.69) is 40.3 Å². The van der Waals surface area contributed by atoms with Gasteiger partial charge in [0.15, 0.2) is 0 Å². The van der Waals surface area contributed by atoms with Gasteiger partial charge in [-0.2, -0.15) is 0 Å². The lowest BCUT2D eigenvalue weighted by atomic mass is 10.0. The van der Waals surface area contributed by atoms with Crippen LogP contribution in [0.5, 0.6) is 0 Å². The molecule has 1 aliphatic carbocycles. The Balaban J connectivity index is 1.80. The summed E-state index contributed by atoms with van der Waals surface area (Å²) in [4.78, 5) is 12.4. The number of rotatable bonds is 4. The van der Waals surface area contributed by atoms with E-state index >= 15 is 0 Å². The van der Waals surface area contributed by atoms with E-state index in [1.807, 2.05) is 12.1 Å². The Morgan fingerprint density at radius 1 is 1.39 bits per heavy atom. The molecule has 1 amide bonds. The first kappa shape index (κ1) is 13.6. The Bertz CT molecular complexity index is 419. The highest BCUT2D eigenvalue weighted by Gasteiger charge is 2.25. The molecule has 0 aromatic heterocycles. The second-order valence-corrected chi connectivity index (χ2v) is 6.22. The molecule has 1 fully saturated rings. The maximum absolute atomic E-state index is 11.9. The maximum atomic E-state index is 11.9. The summed E-state index contributed by atoms with van der Waals surface area (Å²) < 4.78 is 0. The number of benzene rings is 1. The molecular weight excluding hydrogens is 290 g/mol. The van der Waals surface area contributed by atoms with E-state index in [0.717, 1.165) is 12.8 Å². The number of nitrogens with one attached hydrogen (secondary N) is 1. The zero-order valence-electron chi connectivity index (χ0n) is 10.8. The molecular formula is C15H20BrNO. The van der Waals surface area contributed by atoms with Gasteiger partial charge in [-0.1, -0.05) is 46.6 Å². The molecule has 3 heteroatoms. The first-order chi connectivity index (χ1) is 8.66. The lowest BCUT2D eigenvalue weighted by Gasteiger charge is -2.16. The molecule has 1 aliphatic rings. The minimum Gasteiger partial charge on any atom is -0.352 e. The third kappa shape index (κ3) is 3.58. The van der Waals surface area contributed by atoms with Gasteiger partial charge in [-0.15, -0.1) is 0 Å². The van der Waals surface area contributed by atoms with Crippen molar-refractivity contribution in [1.29, 1.82) is 0 Å². The van der Waals surface area contributed by atoms with Crippen LogP contribution in [0.15, 0.2) is 24.3 Å². The first-order valence-corrected chi connectivity index (χ1v) is 7.56. The van der Waals surface area contributed by atoms with Crippen molar-refractivity contribution in [3.05, 3.63) is 35.4 Å². The number of alkyl halides is 1. The van der Waals surface area contributed by atoms with Gasteiger partial charge in [0.2, 0.25) is 5.91 Å². The number of carbonyl (C=O) groups excluding carboxylic acids is 1. The molecule has 1 aromatic rings. The van der Waals surface area contributed by atoms with Crippen molar-refractivity contribution in [2.24, 2.45) is 0 Å². The van der Waals surface area contributed by atoms with Crippen molar-refractivity contribution in [2.45, 2.75) is 49.9 Å². The van der Waals surface area contributed by atoms with Gasteiger partial charge in [0, 0.05) is 17.3 Å². The largest absolute Gasteiger partial charge is 0.352 e. The molecule has 2 rings (SSSR count). The molecule has 0 heterocycles. The summed E-state index contributed by atoms with van der Waals surface area (Å²) >= 11 is 3.63. The fourth-order valence-corrected chi connectivity index (χ4v) is 3.22. The second-order valence-electron chi connectivity index (χ2n) is 5.05. The molecule has 0 bridgehead atoms. The summed E-state index contributed by atoms with van der Waals surface area (Å²) in [5.41, 5.74) is 2.54. The van der Waals surface area contributed by atoms with Crippen LogP contribution in [0.25, 0.3) is 0 Å². The standard InChI is InChI=1S/C15H20BrNO/c1-11-5-2-3-6-12(11)9-10-15(18)17-14-8-4-7-13(14)16/h2-3,5-6,13-14H,4,7-10H2,1H3,(H,17,18). The summed E-state index contributed by atoms with van der Waals surface area (Å²) in [6.45, 7) is 2.10. The molecule has 2 atom stereocenters. The Labute approximate surface area is 117 Å². The van der Waals surface area contributed by atoms with E-state index in [-0.39, 0.29) is 5.91 Å². The maximum Gasteiger partial charge on any atom is 0.220 e. The average Bonchev–Trinajstić information content (AvgIpc) is 2.74. The number of aryl methyl sites for hydroxylation is 2. The van der Waals surface area contributed by atoms with Gasteiger partial charge in [0.05, 0.1) is 0 Å². The van der Waals surface area contributed by atoms with Crippen LogP contribution >= 0.6 is 15.9 Å². The molecule has 2 nitrogen and oxygen atoms in total. The highest BCUT2D eigenvalue weighted by molar-refractivity contribution is 9.09. The van der Waals surface area contributed by atoms with Crippen LogP contribution in [-0.4, -0.2) is 16.8 Å². The van der Waals surface area contributed by atoms with E-state index in [9.17, 15) is 4.79 Å². The van der Waals surface area contributed by atoms with E-state index in [1.165, 1.54) is 24.0 Å². The lowest BCUT2D eigenvalue weighted by Crippen LogP contribution is -2.37. The van der Waals surface area contributed by atoms with E-state index < -0.39 is 0 Å². The van der Waals surface area contributed by atoms with Gasteiger partial charge in [0.1, 0.15) is 0 Å². The molecule has 2 unspecified atom stereocenters. The zero-order chi connectivity index (χ0) is 13.0. The van der Waals surface area contributed by atoms with E-state index in [1.54, 1.807) is 0 Å². The van der Waals surface area contributed by atoms with Crippen LogP contribution < -0.4 is 5.32 Å². The molecule has 0 aliphatic heterocycles. The lowest BCUT2D eigenvalue weighted by molar-refractivity contribution is -0.121.